The normalized spacial score (nSPS) is 15.0. The fourth-order valence-corrected chi connectivity index (χ4v) is 4.16. The van der Waals surface area contributed by atoms with E-state index in [-0.39, 0.29) is 24.3 Å². The Labute approximate surface area is 204 Å². The number of carbonyl (C=O) groups is 2. The number of hydrogen-bond acceptors (Lipinski definition) is 5. The second kappa shape index (κ2) is 9.14. The van der Waals surface area contributed by atoms with Crippen molar-refractivity contribution in [1.82, 2.24) is 5.16 Å². The average molecular weight is 482 g/mol. The molecule has 8 heteroatoms. The summed E-state index contributed by atoms with van der Waals surface area (Å²) in [5.74, 6) is 0.839. The van der Waals surface area contributed by atoms with Crippen LogP contribution in [0.25, 0.3) is 11.3 Å². The number of halogens is 1. The number of carbonyl (C=O) groups excluding carboxylic acids is 2. The molecule has 0 saturated carbocycles. The number of benzene rings is 2. The molecule has 34 heavy (non-hydrogen) atoms. The molecule has 1 aliphatic heterocycles. The number of anilines is 2. The molecule has 7 nitrogen and oxygen atoms in total. The Morgan fingerprint density at radius 3 is 2.68 bits per heavy atom. The van der Waals surface area contributed by atoms with Gasteiger partial charge in [-0.25, -0.2) is 0 Å². The third-order valence-corrected chi connectivity index (χ3v) is 6.02. The van der Waals surface area contributed by atoms with Crippen molar-refractivity contribution >= 4 is 34.8 Å². The summed E-state index contributed by atoms with van der Waals surface area (Å²) in [6, 6.07) is 12.5. The van der Waals surface area contributed by atoms with Crippen LogP contribution in [0.2, 0.25) is 5.02 Å². The van der Waals surface area contributed by atoms with Crippen molar-refractivity contribution < 1.29 is 18.8 Å². The van der Waals surface area contributed by atoms with Crippen molar-refractivity contribution in [3.63, 3.8) is 0 Å². The average Bonchev–Trinajstić information content (AvgIpc) is 3.13. The first-order chi connectivity index (χ1) is 16.1. The van der Waals surface area contributed by atoms with Gasteiger partial charge in [-0.3, -0.25) is 9.59 Å². The Kier molecular flexibility index (Phi) is 6.41. The van der Waals surface area contributed by atoms with Crippen LogP contribution in [0.15, 0.2) is 47.0 Å². The molecular formula is C26H28ClN3O4. The van der Waals surface area contributed by atoms with E-state index in [1.807, 2.05) is 26.0 Å². The topological polar surface area (TPSA) is 84.7 Å². The van der Waals surface area contributed by atoms with Crippen LogP contribution in [-0.4, -0.2) is 30.1 Å². The van der Waals surface area contributed by atoms with Gasteiger partial charge in [0.25, 0.3) is 5.91 Å². The molecule has 0 spiro atoms. The maximum absolute atomic E-state index is 13.3. The maximum Gasteiger partial charge on any atom is 0.261 e. The zero-order chi connectivity index (χ0) is 24.6. The van der Waals surface area contributed by atoms with Gasteiger partial charge >= 0.3 is 0 Å². The van der Waals surface area contributed by atoms with Crippen LogP contribution in [-0.2, 0) is 4.79 Å². The SMILES string of the molecule is Cc1onc(-c2ccccc2Cl)c1C(=O)Nc1ccc2c(c1)N(CC(C)C)C(=O)C(C)(C)CO2. The minimum Gasteiger partial charge on any atom is -0.490 e. The lowest BCUT2D eigenvalue weighted by molar-refractivity contribution is -0.127. The Hall–Kier alpha value is -3.32. The van der Waals surface area contributed by atoms with E-state index in [0.717, 1.165) is 0 Å². The summed E-state index contributed by atoms with van der Waals surface area (Å²) in [6.45, 7) is 10.4. The van der Waals surface area contributed by atoms with Gasteiger partial charge in [0.2, 0.25) is 5.91 Å². The van der Waals surface area contributed by atoms with Crippen LogP contribution >= 0.6 is 11.6 Å². The fourth-order valence-electron chi connectivity index (χ4n) is 3.94. The molecule has 0 bridgehead atoms. The molecule has 1 aliphatic rings. The highest BCUT2D eigenvalue weighted by molar-refractivity contribution is 6.33. The molecule has 178 valence electrons. The summed E-state index contributed by atoms with van der Waals surface area (Å²) < 4.78 is 11.3. The first-order valence-corrected chi connectivity index (χ1v) is 11.6. The summed E-state index contributed by atoms with van der Waals surface area (Å²) >= 11 is 6.33. The summed E-state index contributed by atoms with van der Waals surface area (Å²) in [5.41, 5.74) is 1.78. The quantitative estimate of drug-likeness (QED) is 0.485. The summed E-state index contributed by atoms with van der Waals surface area (Å²) in [6.07, 6.45) is 0. The van der Waals surface area contributed by atoms with Crippen LogP contribution in [0.4, 0.5) is 11.4 Å². The van der Waals surface area contributed by atoms with E-state index in [9.17, 15) is 9.59 Å². The third-order valence-electron chi connectivity index (χ3n) is 5.69. The van der Waals surface area contributed by atoms with Gasteiger partial charge in [0, 0.05) is 17.8 Å². The van der Waals surface area contributed by atoms with Crippen LogP contribution in [0.1, 0.15) is 43.8 Å². The van der Waals surface area contributed by atoms with E-state index in [0.29, 0.717) is 51.3 Å². The van der Waals surface area contributed by atoms with Crippen molar-refractivity contribution in [2.24, 2.45) is 11.3 Å². The van der Waals surface area contributed by atoms with Gasteiger partial charge in [-0.05, 0) is 51.0 Å². The van der Waals surface area contributed by atoms with Crippen LogP contribution in [0.5, 0.6) is 5.75 Å². The van der Waals surface area contributed by atoms with Gasteiger partial charge < -0.3 is 19.5 Å². The molecular weight excluding hydrogens is 454 g/mol. The van der Waals surface area contributed by atoms with E-state index in [1.165, 1.54) is 0 Å². The zero-order valence-corrected chi connectivity index (χ0v) is 20.7. The molecule has 0 atom stereocenters. The van der Waals surface area contributed by atoms with E-state index < -0.39 is 5.41 Å². The minimum absolute atomic E-state index is 0.0145. The van der Waals surface area contributed by atoms with Gasteiger partial charge in [0.05, 0.1) is 16.1 Å². The zero-order valence-electron chi connectivity index (χ0n) is 19.9. The summed E-state index contributed by atoms with van der Waals surface area (Å²) in [5, 5.41) is 7.46. The van der Waals surface area contributed by atoms with Crippen LogP contribution in [0, 0.1) is 18.3 Å². The molecule has 4 rings (SSSR count). The maximum atomic E-state index is 13.3. The van der Waals surface area contributed by atoms with E-state index in [1.54, 1.807) is 42.2 Å². The van der Waals surface area contributed by atoms with Crippen molar-refractivity contribution in [1.29, 1.82) is 0 Å². The minimum atomic E-state index is -0.666. The Morgan fingerprint density at radius 1 is 1.24 bits per heavy atom. The standard InChI is InChI=1S/C26H28ClN3O4/c1-15(2)13-30-20-12-17(10-11-21(20)33-14-26(4,5)25(30)32)28-24(31)22-16(3)34-29-23(22)18-8-6-7-9-19(18)27/h6-12,15H,13-14H2,1-5H3,(H,28,31). The van der Waals surface area contributed by atoms with E-state index in [4.69, 9.17) is 20.9 Å². The van der Waals surface area contributed by atoms with Crippen LogP contribution in [0.3, 0.4) is 0 Å². The highest BCUT2D eigenvalue weighted by Gasteiger charge is 2.38. The highest BCUT2D eigenvalue weighted by Crippen LogP contribution is 2.39. The number of aromatic nitrogens is 1. The molecule has 3 aromatic rings. The predicted molar refractivity (Wildman–Crippen MR) is 133 cm³/mol. The Balaban J connectivity index is 1.69. The molecule has 0 aliphatic carbocycles. The van der Waals surface area contributed by atoms with E-state index in [2.05, 4.69) is 24.3 Å². The first-order valence-electron chi connectivity index (χ1n) is 11.2. The molecule has 2 amide bonds. The fraction of sp³-hybridized carbons (Fsp3) is 0.346. The van der Waals surface area contributed by atoms with Gasteiger partial charge in [-0.15, -0.1) is 0 Å². The monoisotopic (exact) mass is 481 g/mol. The molecule has 2 aromatic carbocycles. The number of amides is 2. The summed E-state index contributed by atoms with van der Waals surface area (Å²) in [7, 11) is 0. The lowest BCUT2D eigenvalue weighted by Crippen LogP contribution is -2.43. The molecule has 2 heterocycles. The largest absolute Gasteiger partial charge is 0.490 e. The number of fused-ring (bicyclic) bond motifs is 1. The molecule has 0 fully saturated rings. The molecule has 0 saturated heterocycles. The van der Waals surface area contributed by atoms with Crippen molar-refractivity contribution in [3.05, 3.63) is 58.8 Å². The van der Waals surface area contributed by atoms with Gasteiger partial charge in [-0.1, -0.05) is 48.8 Å². The van der Waals surface area contributed by atoms with Gasteiger partial charge in [0.15, 0.2) is 0 Å². The lowest BCUT2D eigenvalue weighted by atomic mass is 9.92. The molecule has 0 unspecified atom stereocenters. The second-order valence-corrected chi connectivity index (χ2v) is 9.97. The van der Waals surface area contributed by atoms with Gasteiger partial charge in [-0.2, -0.15) is 0 Å². The highest BCUT2D eigenvalue weighted by atomic mass is 35.5. The number of hydrogen-bond donors (Lipinski definition) is 1. The predicted octanol–water partition coefficient (Wildman–Crippen LogP) is 5.96. The third kappa shape index (κ3) is 4.53. The Bertz CT molecular complexity index is 1250. The van der Waals surface area contributed by atoms with Gasteiger partial charge in [0.1, 0.15) is 29.4 Å². The number of nitrogens with zero attached hydrogens (tertiary/aromatic N) is 2. The number of rotatable bonds is 5. The van der Waals surface area contributed by atoms with Crippen molar-refractivity contribution in [3.8, 4) is 17.0 Å². The smallest absolute Gasteiger partial charge is 0.261 e. The molecule has 1 aromatic heterocycles. The lowest BCUT2D eigenvalue weighted by Gasteiger charge is -2.29. The first kappa shape index (κ1) is 23.8. The van der Waals surface area contributed by atoms with Crippen molar-refractivity contribution in [2.45, 2.75) is 34.6 Å². The number of nitrogens with one attached hydrogen (secondary N) is 1. The Morgan fingerprint density at radius 2 is 1.97 bits per heavy atom. The second-order valence-electron chi connectivity index (χ2n) is 9.56. The van der Waals surface area contributed by atoms with E-state index >= 15 is 0 Å². The number of ether oxygens (including phenoxy) is 1. The summed E-state index contributed by atoms with van der Waals surface area (Å²) in [4.78, 5) is 28.3. The van der Waals surface area contributed by atoms with Crippen molar-refractivity contribution in [2.75, 3.05) is 23.4 Å². The molecule has 1 N–H and O–H groups in total. The molecule has 0 radical (unpaired) electrons. The van der Waals surface area contributed by atoms with Crippen LogP contribution < -0.4 is 15.0 Å². The number of aryl methyl sites for hydroxylation is 1.